The number of benzene rings is 3. The van der Waals surface area contributed by atoms with Gasteiger partial charge in [0.25, 0.3) is 0 Å². The highest BCUT2D eigenvalue weighted by molar-refractivity contribution is 6.39. The Labute approximate surface area is 205 Å². The first-order valence-corrected chi connectivity index (χ1v) is 10.8. The van der Waals surface area contributed by atoms with E-state index in [1.807, 2.05) is 25.1 Å². The number of halogens is 3. The monoisotopic (exact) mass is 503 g/mol. The Morgan fingerprint density at radius 1 is 1.00 bits per heavy atom. The Morgan fingerprint density at radius 2 is 1.82 bits per heavy atom. The zero-order valence-electron chi connectivity index (χ0n) is 18.0. The average molecular weight is 504 g/mol. The van der Waals surface area contributed by atoms with Crippen LogP contribution in [0.15, 0.2) is 65.8 Å². The zero-order chi connectivity index (χ0) is 24.5. The Balaban J connectivity index is 1.59. The second-order valence-electron chi connectivity index (χ2n) is 6.84. The van der Waals surface area contributed by atoms with E-state index in [0.29, 0.717) is 35.3 Å². The molecule has 7 nitrogen and oxygen atoms in total. The fourth-order valence-corrected chi connectivity index (χ4v) is 3.15. The molecule has 2 amide bonds. The molecule has 0 bridgehead atoms. The number of carbonyl (C=O) groups is 2. The molecule has 0 saturated heterocycles. The van der Waals surface area contributed by atoms with Gasteiger partial charge in [0.05, 0.1) is 17.8 Å². The first-order chi connectivity index (χ1) is 16.4. The number of amides is 2. The smallest absolute Gasteiger partial charge is 0.329 e. The van der Waals surface area contributed by atoms with Crippen molar-refractivity contribution < 1.29 is 23.5 Å². The number of carbonyl (C=O) groups excluding carboxylic acids is 2. The molecule has 3 rings (SSSR count). The predicted molar refractivity (Wildman–Crippen MR) is 129 cm³/mol. The molecule has 0 aliphatic heterocycles. The third-order valence-electron chi connectivity index (χ3n) is 4.31. The maximum absolute atomic E-state index is 13.2. The molecule has 0 saturated carbocycles. The molecule has 0 unspecified atom stereocenters. The van der Waals surface area contributed by atoms with Gasteiger partial charge in [0.15, 0.2) is 11.5 Å². The van der Waals surface area contributed by atoms with Crippen LogP contribution in [0.5, 0.6) is 11.5 Å². The van der Waals surface area contributed by atoms with Crippen molar-refractivity contribution in [2.75, 3.05) is 11.9 Å². The van der Waals surface area contributed by atoms with Crippen LogP contribution >= 0.6 is 23.2 Å². The number of hydrogen-bond acceptors (Lipinski definition) is 5. The van der Waals surface area contributed by atoms with Crippen LogP contribution in [0.4, 0.5) is 10.1 Å². The molecule has 10 heteroatoms. The highest BCUT2D eigenvalue weighted by Crippen LogP contribution is 2.29. The molecular formula is C24H20Cl2FN3O4. The first kappa shape index (κ1) is 25.0. The fraction of sp³-hybridized carbons (Fsp3) is 0.125. The molecule has 34 heavy (non-hydrogen) atoms. The van der Waals surface area contributed by atoms with Crippen molar-refractivity contribution in [2.45, 2.75) is 13.5 Å². The summed E-state index contributed by atoms with van der Waals surface area (Å²) in [6, 6.07) is 16.0. The fourth-order valence-electron chi connectivity index (χ4n) is 2.76. The molecule has 0 aromatic heterocycles. The highest BCUT2D eigenvalue weighted by Gasteiger charge is 2.14. The molecule has 2 N–H and O–H groups in total. The van der Waals surface area contributed by atoms with E-state index in [4.69, 9.17) is 32.7 Å². The lowest BCUT2D eigenvalue weighted by Crippen LogP contribution is -2.32. The molecule has 0 spiro atoms. The predicted octanol–water partition coefficient (Wildman–Crippen LogP) is 5.20. The Morgan fingerprint density at radius 3 is 2.56 bits per heavy atom. The Bertz CT molecular complexity index is 1220. The minimum Gasteiger partial charge on any atom is -0.490 e. The third kappa shape index (κ3) is 7.19. The molecule has 0 aliphatic rings. The lowest BCUT2D eigenvalue weighted by atomic mass is 10.2. The van der Waals surface area contributed by atoms with Gasteiger partial charge in [-0.1, -0.05) is 35.3 Å². The van der Waals surface area contributed by atoms with Crippen LogP contribution in [0.25, 0.3) is 0 Å². The number of nitrogens with one attached hydrogen (secondary N) is 2. The van der Waals surface area contributed by atoms with E-state index in [1.54, 1.807) is 24.3 Å². The van der Waals surface area contributed by atoms with E-state index < -0.39 is 17.6 Å². The van der Waals surface area contributed by atoms with Crippen LogP contribution < -0.4 is 20.2 Å². The van der Waals surface area contributed by atoms with Crippen molar-refractivity contribution in [3.8, 4) is 11.5 Å². The summed E-state index contributed by atoms with van der Waals surface area (Å²) in [5.41, 5.74) is 3.80. The van der Waals surface area contributed by atoms with Crippen molar-refractivity contribution in [3.63, 3.8) is 0 Å². The summed E-state index contributed by atoms with van der Waals surface area (Å²) in [5.74, 6) is -1.62. The van der Waals surface area contributed by atoms with Crippen LogP contribution in [0.2, 0.25) is 10.0 Å². The second-order valence-corrected chi connectivity index (χ2v) is 7.68. The molecular weight excluding hydrogens is 484 g/mol. The molecule has 0 atom stereocenters. The molecule has 0 radical (unpaired) electrons. The molecule has 0 heterocycles. The topological polar surface area (TPSA) is 89.0 Å². The number of anilines is 1. The van der Waals surface area contributed by atoms with Crippen molar-refractivity contribution in [2.24, 2.45) is 5.10 Å². The lowest BCUT2D eigenvalue weighted by molar-refractivity contribution is -0.136. The van der Waals surface area contributed by atoms with Gasteiger partial charge in [0.2, 0.25) is 0 Å². The first-order valence-electron chi connectivity index (χ1n) is 10.1. The summed E-state index contributed by atoms with van der Waals surface area (Å²) < 4.78 is 24.7. The van der Waals surface area contributed by atoms with E-state index in [-0.39, 0.29) is 10.7 Å². The van der Waals surface area contributed by atoms with Gasteiger partial charge in [-0.25, -0.2) is 9.82 Å². The van der Waals surface area contributed by atoms with Gasteiger partial charge in [-0.05, 0) is 66.6 Å². The SMILES string of the molecule is CCOc1cc(/C=N/NC(=O)C(=O)Nc2ccc(F)c(Cl)c2)ccc1OCc1cccc(Cl)c1. The largest absolute Gasteiger partial charge is 0.490 e. The number of nitrogens with zero attached hydrogens (tertiary/aromatic N) is 1. The number of hydrogen-bond donors (Lipinski definition) is 2. The van der Waals surface area contributed by atoms with Gasteiger partial charge in [0.1, 0.15) is 12.4 Å². The van der Waals surface area contributed by atoms with Crippen molar-refractivity contribution in [3.05, 3.63) is 87.7 Å². The van der Waals surface area contributed by atoms with Crippen LogP contribution in [-0.2, 0) is 16.2 Å². The summed E-state index contributed by atoms with van der Waals surface area (Å²) in [6.07, 6.45) is 1.35. The molecule has 0 fully saturated rings. The van der Waals surface area contributed by atoms with E-state index in [9.17, 15) is 14.0 Å². The lowest BCUT2D eigenvalue weighted by Gasteiger charge is -2.12. The van der Waals surface area contributed by atoms with Crippen molar-refractivity contribution in [1.82, 2.24) is 5.43 Å². The minimum atomic E-state index is -1.01. The number of ether oxygens (including phenoxy) is 2. The summed E-state index contributed by atoms with van der Waals surface area (Å²) in [6.45, 7) is 2.56. The standard InChI is InChI=1S/C24H20Cl2FN3O4/c1-2-33-22-11-15(6-9-21(22)34-14-16-4-3-5-17(25)10-16)13-28-30-24(32)23(31)29-18-7-8-20(27)19(26)12-18/h3-13H,2,14H2,1H3,(H,29,31)(H,30,32)/b28-13+. The summed E-state index contributed by atoms with van der Waals surface area (Å²) in [7, 11) is 0. The average Bonchev–Trinajstić information content (AvgIpc) is 2.81. The number of rotatable bonds is 8. The second kappa shape index (κ2) is 12.0. The Hall–Kier alpha value is -3.62. The molecule has 3 aromatic carbocycles. The van der Waals surface area contributed by atoms with Crippen LogP contribution in [0, 0.1) is 5.82 Å². The van der Waals surface area contributed by atoms with Crippen molar-refractivity contribution >= 4 is 46.9 Å². The third-order valence-corrected chi connectivity index (χ3v) is 4.84. The maximum Gasteiger partial charge on any atom is 0.329 e. The van der Waals surface area contributed by atoms with E-state index in [1.165, 1.54) is 18.3 Å². The molecule has 176 valence electrons. The van der Waals surface area contributed by atoms with Crippen LogP contribution in [0.3, 0.4) is 0 Å². The normalized spacial score (nSPS) is 10.7. The van der Waals surface area contributed by atoms with E-state index in [2.05, 4.69) is 15.8 Å². The molecule has 0 aliphatic carbocycles. The quantitative estimate of drug-likeness (QED) is 0.251. The van der Waals surface area contributed by atoms with Gasteiger partial charge < -0.3 is 14.8 Å². The summed E-state index contributed by atoms with van der Waals surface area (Å²) in [4.78, 5) is 23.9. The van der Waals surface area contributed by atoms with Crippen molar-refractivity contribution in [1.29, 1.82) is 0 Å². The van der Waals surface area contributed by atoms with Gasteiger partial charge in [-0.2, -0.15) is 5.10 Å². The van der Waals surface area contributed by atoms with Gasteiger partial charge in [-0.15, -0.1) is 0 Å². The van der Waals surface area contributed by atoms with Gasteiger partial charge >= 0.3 is 11.8 Å². The zero-order valence-corrected chi connectivity index (χ0v) is 19.5. The van der Waals surface area contributed by atoms with Crippen LogP contribution in [0.1, 0.15) is 18.1 Å². The Kier molecular flexibility index (Phi) is 8.84. The van der Waals surface area contributed by atoms with Gasteiger partial charge in [-0.3, -0.25) is 9.59 Å². The number of hydrazone groups is 1. The summed E-state index contributed by atoms with van der Waals surface area (Å²) >= 11 is 11.7. The van der Waals surface area contributed by atoms with E-state index in [0.717, 1.165) is 11.6 Å². The minimum absolute atomic E-state index is 0.172. The molecule has 3 aromatic rings. The van der Waals surface area contributed by atoms with Gasteiger partial charge in [0, 0.05) is 10.7 Å². The van der Waals surface area contributed by atoms with Crippen LogP contribution in [-0.4, -0.2) is 24.6 Å². The maximum atomic E-state index is 13.2. The van der Waals surface area contributed by atoms with E-state index >= 15 is 0 Å². The summed E-state index contributed by atoms with van der Waals surface area (Å²) in [5, 5.41) is 6.53. The highest BCUT2D eigenvalue weighted by atomic mass is 35.5.